The molecule has 0 spiro atoms. The standard InChI is InChI=1S/C30H37FN6O5S/c1-29(2,3)42-28(41)37-14-22-23(15-37)43-26(35-22)25(39)34-21-13-30(4,27(40)36(5)6)10-9-19(21)33-24(38)20-12-16-11-17(31)7-8-18(16)32-20/h7-8,11-12,19,21,32H,9-10,13-15H2,1-6H3,(H,33,38)(H,34,39)/t19-,21+,30?/m0/s1. The monoisotopic (exact) mass is 612 g/mol. The number of nitrogens with one attached hydrogen (secondary N) is 3. The van der Waals surface area contributed by atoms with Gasteiger partial charge in [0.05, 0.1) is 24.8 Å². The van der Waals surface area contributed by atoms with Gasteiger partial charge < -0.3 is 25.3 Å². The molecule has 0 saturated heterocycles. The molecule has 0 radical (unpaired) electrons. The molecule has 3 N–H and O–H groups in total. The Morgan fingerprint density at radius 1 is 1.12 bits per heavy atom. The highest BCUT2D eigenvalue weighted by molar-refractivity contribution is 7.13. The fourth-order valence-electron chi connectivity index (χ4n) is 5.76. The quantitative estimate of drug-likeness (QED) is 0.395. The largest absolute Gasteiger partial charge is 0.444 e. The van der Waals surface area contributed by atoms with Gasteiger partial charge in [-0.3, -0.25) is 19.3 Å². The molecule has 2 aliphatic rings. The van der Waals surface area contributed by atoms with Crippen molar-refractivity contribution in [1.29, 1.82) is 0 Å². The van der Waals surface area contributed by atoms with Gasteiger partial charge in [-0.25, -0.2) is 14.2 Å². The minimum atomic E-state index is -0.736. The van der Waals surface area contributed by atoms with Crippen molar-refractivity contribution in [1.82, 2.24) is 30.4 Å². The first-order valence-corrected chi connectivity index (χ1v) is 15.0. The Balaban J connectivity index is 1.31. The number of aromatic amines is 1. The average molecular weight is 613 g/mol. The summed E-state index contributed by atoms with van der Waals surface area (Å²) in [6.07, 6.45) is 0.858. The fraction of sp³-hybridized carbons (Fsp3) is 0.500. The molecule has 1 aliphatic carbocycles. The molecular weight excluding hydrogens is 575 g/mol. The zero-order valence-electron chi connectivity index (χ0n) is 25.2. The van der Waals surface area contributed by atoms with Crippen LogP contribution in [-0.2, 0) is 22.6 Å². The molecule has 230 valence electrons. The lowest BCUT2D eigenvalue weighted by atomic mass is 9.70. The number of H-pyrrole nitrogens is 1. The Morgan fingerprint density at radius 3 is 2.51 bits per heavy atom. The van der Waals surface area contributed by atoms with Gasteiger partial charge >= 0.3 is 6.09 Å². The molecule has 5 rings (SSSR count). The summed E-state index contributed by atoms with van der Waals surface area (Å²) in [5, 5.41) is 6.88. The molecule has 1 fully saturated rings. The molecule has 43 heavy (non-hydrogen) atoms. The van der Waals surface area contributed by atoms with Gasteiger partial charge in [0, 0.05) is 41.3 Å². The van der Waals surface area contributed by atoms with Crippen LogP contribution in [0.15, 0.2) is 24.3 Å². The van der Waals surface area contributed by atoms with E-state index in [1.165, 1.54) is 23.5 Å². The van der Waals surface area contributed by atoms with Crippen molar-refractivity contribution in [2.75, 3.05) is 14.1 Å². The number of rotatable bonds is 5. The average Bonchev–Trinajstić information content (AvgIpc) is 3.62. The summed E-state index contributed by atoms with van der Waals surface area (Å²) in [5.41, 5.74) is 0.199. The number of hydrogen-bond donors (Lipinski definition) is 3. The summed E-state index contributed by atoms with van der Waals surface area (Å²) in [4.78, 5) is 63.7. The second kappa shape index (κ2) is 11.3. The lowest BCUT2D eigenvalue weighted by Crippen LogP contribution is -2.58. The molecule has 1 aromatic carbocycles. The van der Waals surface area contributed by atoms with Gasteiger partial charge in [0.2, 0.25) is 5.91 Å². The third-order valence-electron chi connectivity index (χ3n) is 7.85. The maximum absolute atomic E-state index is 13.7. The van der Waals surface area contributed by atoms with E-state index in [4.69, 9.17) is 4.74 Å². The molecular formula is C30H37FN6O5S. The number of nitrogens with zero attached hydrogens (tertiary/aromatic N) is 3. The normalized spacial score (nSPS) is 21.8. The third-order valence-corrected chi connectivity index (χ3v) is 8.93. The summed E-state index contributed by atoms with van der Waals surface area (Å²) in [7, 11) is 3.40. The lowest BCUT2D eigenvalue weighted by molar-refractivity contribution is -0.141. The molecule has 1 unspecified atom stereocenters. The van der Waals surface area contributed by atoms with Crippen molar-refractivity contribution in [3.05, 3.63) is 51.4 Å². The van der Waals surface area contributed by atoms with Crippen molar-refractivity contribution in [2.45, 2.75) is 77.7 Å². The fourth-order valence-corrected chi connectivity index (χ4v) is 6.75. The van der Waals surface area contributed by atoms with Crippen LogP contribution in [0.4, 0.5) is 9.18 Å². The summed E-state index contributed by atoms with van der Waals surface area (Å²) < 4.78 is 19.1. The number of fused-ring (bicyclic) bond motifs is 2. The van der Waals surface area contributed by atoms with E-state index in [0.717, 1.165) is 4.88 Å². The van der Waals surface area contributed by atoms with Gasteiger partial charge in [-0.2, -0.15) is 0 Å². The predicted octanol–water partition coefficient (Wildman–Crippen LogP) is 4.19. The van der Waals surface area contributed by atoms with E-state index < -0.39 is 40.9 Å². The van der Waals surface area contributed by atoms with Gasteiger partial charge in [-0.1, -0.05) is 6.92 Å². The van der Waals surface area contributed by atoms with E-state index >= 15 is 0 Å². The number of ether oxygens (including phenoxy) is 1. The van der Waals surface area contributed by atoms with Crippen molar-refractivity contribution in [2.24, 2.45) is 5.41 Å². The maximum Gasteiger partial charge on any atom is 0.410 e. The van der Waals surface area contributed by atoms with Gasteiger partial charge in [0.15, 0.2) is 5.01 Å². The summed E-state index contributed by atoms with van der Waals surface area (Å²) >= 11 is 1.21. The van der Waals surface area contributed by atoms with Crippen molar-refractivity contribution >= 4 is 46.1 Å². The third kappa shape index (κ3) is 6.51. The van der Waals surface area contributed by atoms with Gasteiger partial charge in [0.1, 0.15) is 17.1 Å². The molecule has 4 amide bonds. The van der Waals surface area contributed by atoms with E-state index in [-0.39, 0.29) is 29.1 Å². The second-order valence-electron chi connectivity index (χ2n) is 12.8. The number of halogens is 1. The van der Waals surface area contributed by atoms with E-state index in [9.17, 15) is 23.6 Å². The van der Waals surface area contributed by atoms with Gasteiger partial charge in [0.25, 0.3) is 11.8 Å². The number of carbonyl (C=O) groups is 4. The minimum Gasteiger partial charge on any atom is -0.444 e. The van der Waals surface area contributed by atoms with Gasteiger partial charge in [-0.05, 0) is 64.3 Å². The van der Waals surface area contributed by atoms with Crippen LogP contribution in [0.1, 0.15) is 77.8 Å². The topological polar surface area (TPSA) is 137 Å². The summed E-state index contributed by atoms with van der Waals surface area (Å²) in [5.74, 6) is -1.25. The molecule has 13 heteroatoms. The van der Waals surface area contributed by atoms with Crippen LogP contribution in [0.5, 0.6) is 0 Å². The van der Waals surface area contributed by atoms with E-state index in [1.807, 2.05) is 6.92 Å². The Morgan fingerprint density at radius 2 is 1.84 bits per heavy atom. The zero-order valence-corrected chi connectivity index (χ0v) is 26.0. The first-order chi connectivity index (χ1) is 20.1. The molecule has 2 aromatic heterocycles. The minimum absolute atomic E-state index is 0.0513. The predicted molar refractivity (Wildman–Crippen MR) is 159 cm³/mol. The number of thiazole rings is 1. The first kappa shape index (κ1) is 30.5. The molecule has 0 bridgehead atoms. The van der Waals surface area contributed by atoms with Crippen LogP contribution in [0, 0.1) is 11.2 Å². The number of aromatic nitrogens is 2. The van der Waals surface area contributed by atoms with Crippen LogP contribution in [0.25, 0.3) is 10.9 Å². The molecule has 1 aliphatic heterocycles. The lowest BCUT2D eigenvalue weighted by Gasteiger charge is -2.43. The van der Waals surface area contributed by atoms with Crippen molar-refractivity contribution in [3.63, 3.8) is 0 Å². The number of carbonyl (C=O) groups excluding carboxylic acids is 4. The SMILES string of the molecule is CN(C)C(=O)C1(C)CC[C@H](NC(=O)c2cc3cc(F)ccc3[nH]2)[C@H](NC(=O)c2nc3c(s2)CN(C(=O)OC(C)(C)C)C3)C1. The highest BCUT2D eigenvalue weighted by Gasteiger charge is 2.45. The van der Waals surface area contributed by atoms with Crippen LogP contribution < -0.4 is 10.6 Å². The summed E-state index contributed by atoms with van der Waals surface area (Å²) in [6, 6.07) is 4.81. The highest BCUT2D eigenvalue weighted by Crippen LogP contribution is 2.38. The molecule has 11 nitrogen and oxygen atoms in total. The highest BCUT2D eigenvalue weighted by atomic mass is 32.1. The number of hydrogen-bond acceptors (Lipinski definition) is 7. The Labute approximate surface area is 253 Å². The molecule has 3 aromatic rings. The van der Waals surface area contributed by atoms with Crippen LogP contribution in [0.2, 0.25) is 0 Å². The van der Waals surface area contributed by atoms with Crippen LogP contribution in [-0.4, -0.2) is 75.4 Å². The van der Waals surface area contributed by atoms with Crippen LogP contribution >= 0.6 is 11.3 Å². The van der Waals surface area contributed by atoms with Crippen molar-refractivity contribution in [3.8, 4) is 0 Å². The Hall–Kier alpha value is -4.00. The second-order valence-corrected chi connectivity index (χ2v) is 13.9. The first-order valence-electron chi connectivity index (χ1n) is 14.2. The van der Waals surface area contributed by atoms with Crippen molar-refractivity contribution < 1.29 is 28.3 Å². The smallest absolute Gasteiger partial charge is 0.410 e. The molecule has 3 atom stereocenters. The zero-order chi connectivity index (χ0) is 31.3. The molecule has 1 saturated carbocycles. The summed E-state index contributed by atoms with van der Waals surface area (Å²) in [6.45, 7) is 7.84. The Bertz CT molecular complexity index is 1570. The van der Waals surface area contributed by atoms with E-state index in [1.54, 1.807) is 56.8 Å². The van der Waals surface area contributed by atoms with Gasteiger partial charge in [-0.15, -0.1) is 11.3 Å². The van der Waals surface area contributed by atoms with Crippen LogP contribution in [0.3, 0.4) is 0 Å². The number of benzene rings is 1. The van der Waals surface area contributed by atoms with E-state index in [2.05, 4.69) is 20.6 Å². The Kier molecular flexibility index (Phi) is 7.97. The van der Waals surface area contributed by atoms with E-state index in [0.29, 0.717) is 42.4 Å². The number of amides is 4. The maximum atomic E-state index is 13.7. The molecule has 3 heterocycles.